The molecule has 0 aromatic rings. The zero-order valence-corrected chi connectivity index (χ0v) is 16.2. The van der Waals surface area contributed by atoms with Crippen molar-refractivity contribution in [3.05, 3.63) is 43.8 Å². The van der Waals surface area contributed by atoms with Crippen LogP contribution in [0.5, 0.6) is 0 Å². The first kappa shape index (κ1) is 23.0. The molecule has 0 aromatic heterocycles. The van der Waals surface area contributed by atoms with Crippen molar-refractivity contribution in [1.29, 1.82) is 0 Å². The first-order valence-electron chi connectivity index (χ1n) is 10.3. The highest BCUT2D eigenvalue weighted by molar-refractivity contribution is 5.09. The molecular formula is C23H41O. The Labute approximate surface area is 152 Å². The van der Waals surface area contributed by atoms with E-state index in [-0.39, 0.29) is 0 Å². The standard InChI is InChI=1S/C23H41O/c1-3-4-5-6-7-8-9-10-11-12-13-14-15-16-17-18-19-20-21-22-23-24-2/h18-23H,2-17H2,1H3/b19-18+,21-20+,23-22+. The molecule has 0 saturated carbocycles. The van der Waals surface area contributed by atoms with Crippen LogP contribution in [0.1, 0.15) is 103 Å². The Morgan fingerprint density at radius 1 is 0.583 bits per heavy atom. The summed E-state index contributed by atoms with van der Waals surface area (Å²) >= 11 is 0. The normalized spacial score (nSPS) is 12.1. The predicted molar refractivity (Wildman–Crippen MR) is 109 cm³/mol. The zero-order chi connectivity index (χ0) is 17.6. The molecule has 0 amide bonds. The zero-order valence-electron chi connectivity index (χ0n) is 16.2. The molecule has 0 aliphatic carbocycles. The maximum atomic E-state index is 4.57. The highest BCUT2D eigenvalue weighted by Crippen LogP contribution is 2.13. The van der Waals surface area contributed by atoms with Crippen molar-refractivity contribution in [3.8, 4) is 0 Å². The lowest BCUT2D eigenvalue weighted by Crippen LogP contribution is -1.83. The van der Waals surface area contributed by atoms with Crippen LogP contribution in [-0.2, 0) is 4.74 Å². The van der Waals surface area contributed by atoms with Gasteiger partial charge in [0.05, 0.1) is 6.26 Å². The van der Waals surface area contributed by atoms with Gasteiger partial charge in [0.25, 0.3) is 0 Å². The molecule has 0 fully saturated rings. The van der Waals surface area contributed by atoms with Gasteiger partial charge in [-0.25, -0.2) is 0 Å². The molecule has 0 atom stereocenters. The van der Waals surface area contributed by atoms with E-state index in [4.69, 9.17) is 0 Å². The molecule has 24 heavy (non-hydrogen) atoms. The number of ether oxygens (including phenoxy) is 1. The topological polar surface area (TPSA) is 9.23 Å². The van der Waals surface area contributed by atoms with Crippen molar-refractivity contribution < 1.29 is 4.74 Å². The third-order valence-corrected chi connectivity index (χ3v) is 4.37. The highest BCUT2D eigenvalue weighted by Gasteiger charge is 1.93. The van der Waals surface area contributed by atoms with Crippen molar-refractivity contribution in [2.75, 3.05) is 0 Å². The molecule has 0 saturated heterocycles. The van der Waals surface area contributed by atoms with Gasteiger partial charge in [-0.1, -0.05) is 115 Å². The molecule has 0 N–H and O–H groups in total. The van der Waals surface area contributed by atoms with E-state index in [1.807, 2.05) is 18.2 Å². The van der Waals surface area contributed by atoms with Crippen molar-refractivity contribution in [2.24, 2.45) is 0 Å². The Hall–Kier alpha value is -0.980. The van der Waals surface area contributed by atoms with Gasteiger partial charge in [0.15, 0.2) is 0 Å². The molecule has 0 bridgehead atoms. The Kier molecular flexibility index (Phi) is 21.1. The van der Waals surface area contributed by atoms with Crippen LogP contribution < -0.4 is 0 Å². The van der Waals surface area contributed by atoms with Crippen molar-refractivity contribution in [2.45, 2.75) is 103 Å². The molecule has 1 radical (unpaired) electrons. The van der Waals surface area contributed by atoms with Gasteiger partial charge >= 0.3 is 0 Å². The van der Waals surface area contributed by atoms with Crippen LogP contribution in [0.3, 0.4) is 0 Å². The average molecular weight is 334 g/mol. The number of unbranched alkanes of at least 4 members (excludes halogenated alkanes) is 14. The van der Waals surface area contributed by atoms with Gasteiger partial charge in [0.1, 0.15) is 7.11 Å². The molecular weight excluding hydrogens is 292 g/mol. The molecule has 0 rings (SSSR count). The van der Waals surface area contributed by atoms with E-state index in [1.54, 1.807) is 6.26 Å². The second kappa shape index (κ2) is 22.0. The smallest absolute Gasteiger partial charge is 0.121 e. The predicted octanol–water partition coefficient (Wildman–Crippen LogP) is 8.29. The van der Waals surface area contributed by atoms with E-state index >= 15 is 0 Å². The minimum atomic E-state index is 1.19. The van der Waals surface area contributed by atoms with E-state index in [0.717, 1.165) is 0 Å². The monoisotopic (exact) mass is 333 g/mol. The van der Waals surface area contributed by atoms with Crippen molar-refractivity contribution in [3.63, 3.8) is 0 Å². The first-order chi connectivity index (χ1) is 11.9. The van der Waals surface area contributed by atoms with Crippen LogP contribution in [0, 0.1) is 7.11 Å². The maximum Gasteiger partial charge on any atom is 0.121 e. The fraction of sp³-hybridized carbons (Fsp3) is 0.696. The van der Waals surface area contributed by atoms with Gasteiger partial charge in [-0.3, -0.25) is 0 Å². The van der Waals surface area contributed by atoms with Crippen molar-refractivity contribution >= 4 is 0 Å². The summed E-state index contributed by atoms with van der Waals surface area (Å²) < 4.78 is 4.57. The van der Waals surface area contributed by atoms with E-state index in [1.165, 1.54) is 96.3 Å². The van der Waals surface area contributed by atoms with Gasteiger partial charge in [0.2, 0.25) is 0 Å². The second-order valence-electron chi connectivity index (χ2n) is 6.69. The molecule has 0 aliphatic rings. The minimum absolute atomic E-state index is 1.19. The second-order valence-corrected chi connectivity index (χ2v) is 6.69. The fourth-order valence-electron chi connectivity index (χ4n) is 2.86. The minimum Gasteiger partial charge on any atom is -0.498 e. The van der Waals surface area contributed by atoms with Crippen LogP contribution in [0.2, 0.25) is 0 Å². The summed E-state index contributed by atoms with van der Waals surface area (Å²) in [6, 6.07) is 0. The van der Waals surface area contributed by atoms with E-state index in [2.05, 4.69) is 30.9 Å². The Morgan fingerprint density at radius 3 is 1.54 bits per heavy atom. The summed E-state index contributed by atoms with van der Waals surface area (Å²) in [5.74, 6) is 0. The lowest BCUT2D eigenvalue weighted by molar-refractivity contribution is 0.394. The summed E-state index contributed by atoms with van der Waals surface area (Å²) in [5, 5.41) is 0. The summed E-state index contributed by atoms with van der Waals surface area (Å²) in [7, 11) is 3.27. The molecule has 0 unspecified atom stereocenters. The quantitative estimate of drug-likeness (QED) is 0.139. The number of allylic oxidation sites excluding steroid dienone is 5. The summed E-state index contributed by atoms with van der Waals surface area (Å²) in [4.78, 5) is 0. The van der Waals surface area contributed by atoms with E-state index in [0.29, 0.717) is 0 Å². The van der Waals surface area contributed by atoms with Gasteiger partial charge < -0.3 is 4.74 Å². The molecule has 1 heteroatoms. The third-order valence-electron chi connectivity index (χ3n) is 4.37. The highest BCUT2D eigenvalue weighted by atomic mass is 16.5. The average Bonchev–Trinajstić information content (AvgIpc) is 2.60. The molecule has 1 nitrogen and oxygen atoms in total. The van der Waals surface area contributed by atoms with Crippen LogP contribution >= 0.6 is 0 Å². The first-order valence-corrected chi connectivity index (χ1v) is 10.3. The van der Waals surface area contributed by atoms with Crippen molar-refractivity contribution in [1.82, 2.24) is 0 Å². The largest absolute Gasteiger partial charge is 0.498 e. The van der Waals surface area contributed by atoms with Gasteiger partial charge in [-0.2, -0.15) is 0 Å². The maximum absolute atomic E-state index is 4.57. The molecule has 0 aromatic carbocycles. The lowest BCUT2D eigenvalue weighted by atomic mass is 10.0. The Bertz CT molecular complexity index is 301. The summed E-state index contributed by atoms with van der Waals surface area (Å²) in [5.41, 5.74) is 0. The number of hydrogen-bond donors (Lipinski definition) is 0. The van der Waals surface area contributed by atoms with Crippen LogP contribution in [0.4, 0.5) is 0 Å². The summed E-state index contributed by atoms with van der Waals surface area (Å²) in [6.07, 6.45) is 32.9. The van der Waals surface area contributed by atoms with Crippen LogP contribution in [0.15, 0.2) is 36.6 Å². The number of rotatable bonds is 18. The molecule has 0 spiro atoms. The number of hydrogen-bond acceptors (Lipinski definition) is 1. The summed E-state index contributed by atoms with van der Waals surface area (Å²) in [6.45, 7) is 2.29. The van der Waals surface area contributed by atoms with Crippen LogP contribution in [0.25, 0.3) is 0 Å². The molecule has 0 aliphatic heterocycles. The van der Waals surface area contributed by atoms with Gasteiger partial charge in [-0.05, 0) is 18.9 Å². The SMILES string of the molecule is [CH2]O/C=C/C=C/C=C/CCCCCCCCCCCCCCCC. The Morgan fingerprint density at radius 2 is 1.04 bits per heavy atom. The molecule has 0 heterocycles. The van der Waals surface area contributed by atoms with Crippen LogP contribution in [-0.4, -0.2) is 0 Å². The third kappa shape index (κ3) is 21.0. The molecule has 139 valence electrons. The van der Waals surface area contributed by atoms with Gasteiger partial charge in [0, 0.05) is 0 Å². The van der Waals surface area contributed by atoms with E-state index < -0.39 is 0 Å². The lowest BCUT2D eigenvalue weighted by Gasteiger charge is -2.02. The fourth-order valence-corrected chi connectivity index (χ4v) is 2.86. The Balaban J connectivity index is 3.11. The van der Waals surface area contributed by atoms with E-state index in [9.17, 15) is 0 Å². The van der Waals surface area contributed by atoms with Gasteiger partial charge in [-0.15, -0.1) is 0 Å².